The quantitative estimate of drug-likeness (QED) is 0.583. The minimum atomic E-state index is -1.75. The van der Waals surface area contributed by atoms with Gasteiger partial charge in [0.25, 0.3) is 5.56 Å². The van der Waals surface area contributed by atoms with Crippen LogP contribution in [-0.2, 0) is 18.6 Å². The lowest BCUT2D eigenvalue weighted by atomic mass is 10.1. The molecule has 1 fully saturated rings. The zero-order valence-electron chi connectivity index (χ0n) is 14.4. The number of H-pyrrole nitrogens is 1. The molecule has 1 saturated heterocycles. The highest BCUT2D eigenvalue weighted by atomic mass is 31.1. The van der Waals surface area contributed by atoms with Crippen LogP contribution < -0.4 is 10.9 Å². The predicted molar refractivity (Wildman–Crippen MR) is 91.4 cm³/mol. The number of nitrogens with zero attached hydrogens (tertiary/aromatic N) is 3. The Bertz CT molecular complexity index is 917. The number of aromatic amines is 1. The van der Waals surface area contributed by atoms with Crippen molar-refractivity contribution in [3.8, 4) is 0 Å². The number of anilines is 1. The summed E-state index contributed by atoms with van der Waals surface area (Å²) in [6.45, 7) is 2.73. The molecule has 2 aromatic rings. The van der Waals surface area contributed by atoms with Crippen molar-refractivity contribution in [1.82, 2.24) is 19.5 Å². The molecule has 2 aromatic heterocycles. The second-order valence-corrected chi connectivity index (χ2v) is 6.64. The molecule has 27 heavy (non-hydrogen) atoms. The molecule has 146 valence electrons. The topological polar surface area (TPSA) is 148 Å². The van der Waals surface area contributed by atoms with Crippen LogP contribution in [0.2, 0.25) is 0 Å². The number of rotatable bonds is 6. The molecule has 1 aliphatic heterocycles. The van der Waals surface area contributed by atoms with Gasteiger partial charge < -0.3 is 9.84 Å². The largest absolute Gasteiger partial charge is 0.494 e. The first-order valence-corrected chi connectivity index (χ1v) is 8.90. The SMILES string of the molecule is CC(C)C(=O)Nc1nc2c(ncn2[C@@H]2O[C@H](CO)[C@@H](F)[C@H]2O[PH+]=O)c(=O)[nH]1. The molecule has 1 aliphatic rings. The molecule has 13 heteroatoms. The molecule has 11 nitrogen and oxygen atoms in total. The Kier molecular flexibility index (Phi) is 5.61. The maximum atomic E-state index is 14.4. The van der Waals surface area contributed by atoms with Gasteiger partial charge in [-0.25, -0.2) is 9.37 Å². The molecule has 0 saturated carbocycles. The molecular weight excluding hydrogens is 384 g/mol. The van der Waals surface area contributed by atoms with Crippen LogP contribution in [-0.4, -0.2) is 55.5 Å². The molecule has 0 aliphatic carbocycles. The first kappa shape index (κ1) is 19.5. The minimum absolute atomic E-state index is 0.0106. The zero-order valence-corrected chi connectivity index (χ0v) is 15.4. The highest BCUT2D eigenvalue weighted by Crippen LogP contribution is 2.36. The van der Waals surface area contributed by atoms with Crippen LogP contribution in [0.4, 0.5) is 10.3 Å². The van der Waals surface area contributed by atoms with E-state index < -0.39 is 45.5 Å². The van der Waals surface area contributed by atoms with E-state index in [9.17, 15) is 23.7 Å². The van der Waals surface area contributed by atoms with Crippen LogP contribution in [0.15, 0.2) is 11.1 Å². The standard InChI is InChI=1S/C14H17FN5O6P/c1-5(2)11(22)18-14-17-10-8(12(23)19-14)16-4-20(10)13-9(26-27-24)7(15)6(3-21)25-13/h4-7,9,13,21,27H,3H2,1-2H3,(H-,17,18,19,22,23)/p+1/t6-,7-,9-,13-/m1/s1. The van der Waals surface area contributed by atoms with E-state index in [1.54, 1.807) is 13.8 Å². The van der Waals surface area contributed by atoms with Crippen LogP contribution in [0.5, 0.6) is 0 Å². The van der Waals surface area contributed by atoms with E-state index in [1.165, 1.54) is 10.9 Å². The fourth-order valence-corrected chi connectivity index (χ4v) is 3.04. The van der Waals surface area contributed by atoms with Crippen LogP contribution >= 0.6 is 8.69 Å². The van der Waals surface area contributed by atoms with Gasteiger partial charge in [-0.15, -0.1) is 4.52 Å². The van der Waals surface area contributed by atoms with Crippen LogP contribution in [0.1, 0.15) is 20.1 Å². The molecule has 1 unspecified atom stereocenters. The summed E-state index contributed by atoms with van der Waals surface area (Å²) in [7, 11) is -1.26. The first-order valence-electron chi connectivity index (χ1n) is 8.08. The van der Waals surface area contributed by atoms with Crippen molar-refractivity contribution < 1.29 is 28.1 Å². The summed E-state index contributed by atoms with van der Waals surface area (Å²) in [5.41, 5.74) is -0.668. The van der Waals surface area contributed by atoms with E-state index in [2.05, 4.69) is 20.3 Å². The highest BCUT2D eigenvalue weighted by molar-refractivity contribution is 7.17. The lowest BCUT2D eigenvalue weighted by molar-refractivity contribution is -0.118. The average Bonchev–Trinajstić information content (AvgIpc) is 3.17. The minimum Gasteiger partial charge on any atom is -0.394 e. The number of carbonyl (C=O) groups is 1. The summed E-state index contributed by atoms with van der Waals surface area (Å²) in [4.78, 5) is 34.5. The van der Waals surface area contributed by atoms with Gasteiger partial charge in [0.2, 0.25) is 11.9 Å². The third-order valence-electron chi connectivity index (χ3n) is 4.10. The number of fused-ring (bicyclic) bond motifs is 1. The van der Waals surface area contributed by atoms with Gasteiger partial charge in [-0.1, -0.05) is 13.8 Å². The Balaban J connectivity index is 2.04. The smallest absolute Gasteiger partial charge is 0.394 e. The molecule has 5 atom stereocenters. The van der Waals surface area contributed by atoms with Crippen molar-refractivity contribution in [3.63, 3.8) is 0 Å². The number of amides is 1. The molecule has 0 aromatic carbocycles. The number of ether oxygens (including phenoxy) is 1. The lowest BCUT2D eigenvalue weighted by Gasteiger charge is -2.16. The number of aliphatic hydroxyl groups is 1. The van der Waals surface area contributed by atoms with Gasteiger partial charge in [0.1, 0.15) is 6.10 Å². The number of nitrogens with one attached hydrogen (secondary N) is 2. The maximum Gasteiger partial charge on any atom is 0.494 e. The second-order valence-electron chi connectivity index (χ2n) is 6.24. The van der Waals surface area contributed by atoms with Crippen molar-refractivity contribution in [2.75, 3.05) is 11.9 Å². The van der Waals surface area contributed by atoms with Crippen molar-refractivity contribution in [2.45, 2.75) is 38.5 Å². The molecule has 0 bridgehead atoms. The Labute approximate surface area is 153 Å². The third kappa shape index (κ3) is 3.61. The number of imidazole rings is 1. The number of aliphatic hydroxyl groups excluding tert-OH is 1. The first-order chi connectivity index (χ1) is 12.9. The average molecular weight is 402 g/mol. The molecule has 3 N–H and O–H groups in total. The number of hydrogen-bond acceptors (Lipinski definition) is 8. The molecule has 1 amide bonds. The monoisotopic (exact) mass is 402 g/mol. The normalized spacial score (nSPS) is 25.5. The summed E-state index contributed by atoms with van der Waals surface area (Å²) < 4.78 is 36.8. The highest BCUT2D eigenvalue weighted by Gasteiger charge is 2.49. The summed E-state index contributed by atoms with van der Waals surface area (Å²) in [6.07, 6.45) is -4.21. The van der Waals surface area contributed by atoms with Gasteiger partial charge in [-0.05, 0) is 4.57 Å². The molecule has 0 spiro atoms. The van der Waals surface area contributed by atoms with E-state index in [1.807, 2.05) is 0 Å². The van der Waals surface area contributed by atoms with Crippen molar-refractivity contribution in [2.24, 2.45) is 5.92 Å². The van der Waals surface area contributed by atoms with Crippen LogP contribution in [0.25, 0.3) is 11.2 Å². The molecule has 3 rings (SSSR count). The molecule has 3 heterocycles. The van der Waals surface area contributed by atoms with Gasteiger partial charge in [0.05, 0.1) is 12.9 Å². The van der Waals surface area contributed by atoms with E-state index in [0.29, 0.717) is 0 Å². The zero-order chi connectivity index (χ0) is 19.7. The predicted octanol–water partition coefficient (Wildman–Crippen LogP) is 0.266. The number of halogens is 1. The number of aromatic nitrogens is 4. The van der Waals surface area contributed by atoms with E-state index >= 15 is 0 Å². The number of carbonyl (C=O) groups excluding carboxylic acids is 1. The summed E-state index contributed by atoms with van der Waals surface area (Å²) >= 11 is 0. The second kappa shape index (κ2) is 7.77. The van der Waals surface area contributed by atoms with Crippen molar-refractivity contribution in [3.05, 3.63) is 16.7 Å². The van der Waals surface area contributed by atoms with Crippen molar-refractivity contribution >= 4 is 31.7 Å². The Morgan fingerprint density at radius 1 is 1.59 bits per heavy atom. The fraction of sp³-hybridized carbons (Fsp3) is 0.571. The Hall–Kier alpha value is -2.27. The Morgan fingerprint density at radius 2 is 2.33 bits per heavy atom. The number of alkyl halides is 1. The van der Waals surface area contributed by atoms with Gasteiger partial charge in [0.15, 0.2) is 29.7 Å². The van der Waals surface area contributed by atoms with E-state index in [4.69, 9.17) is 9.26 Å². The van der Waals surface area contributed by atoms with Gasteiger partial charge >= 0.3 is 8.69 Å². The van der Waals surface area contributed by atoms with Crippen LogP contribution in [0.3, 0.4) is 0 Å². The van der Waals surface area contributed by atoms with Crippen molar-refractivity contribution in [1.29, 1.82) is 0 Å². The van der Waals surface area contributed by atoms with Crippen LogP contribution in [0, 0.1) is 5.92 Å². The number of hydrogen-bond donors (Lipinski definition) is 3. The van der Waals surface area contributed by atoms with Gasteiger partial charge in [-0.3, -0.25) is 24.5 Å². The summed E-state index contributed by atoms with van der Waals surface area (Å²) in [6, 6.07) is 0. The molecular formula is C14H18FN5O6P+. The van der Waals surface area contributed by atoms with Gasteiger partial charge in [0, 0.05) is 5.92 Å². The lowest BCUT2D eigenvalue weighted by Crippen LogP contribution is -2.30. The van der Waals surface area contributed by atoms with E-state index in [-0.39, 0.29) is 28.9 Å². The molecule has 0 radical (unpaired) electrons. The summed E-state index contributed by atoms with van der Waals surface area (Å²) in [5.74, 6) is -0.814. The third-order valence-corrected chi connectivity index (χ3v) is 4.47. The maximum absolute atomic E-state index is 14.4. The van der Waals surface area contributed by atoms with E-state index in [0.717, 1.165) is 0 Å². The fourth-order valence-electron chi connectivity index (χ4n) is 2.68. The van der Waals surface area contributed by atoms with Gasteiger partial charge in [-0.2, -0.15) is 4.98 Å². The Morgan fingerprint density at radius 3 is 2.96 bits per heavy atom. The summed E-state index contributed by atoms with van der Waals surface area (Å²) in [5, 5.41) is 11.7.